The van der Waals surface area contributed by atoms with Gasteiger partial charge >= 0.3 is 0 Å². The minimum Gasteiger partial charge on any atom is -0.394 e. The molecule has 1 aromatic heterocycles. The molecule has 0 aromatic carbocycles. The molecule has 0 radical (unpaired) electrons. The largest absolute Gasteiger partial charge is 0.394 e. The number of aliphatic hydroxyl groups is 1. The second kappa shape index (κ2) is 6.61. The van der Waals surface area contributed by atoms with Gasteiger partial charge in [0, 0.05) is 6.20 Å². The highest BCUT2D eigenvalue weighted by atomic mass is 32.2. The maximum Gasteiger partial charge on any atom is 0.254 e. The van der Waals surface area contributed by atoms with E-state index in [1.807, 2.05) is 20.1 Å². The predicted molar refractivity (Wildman–Crippen MR) is 69.2 cm³/mol. The lowest BCUT2D eigenvalue weighted by Gasteiger charge is -2.20. The van der Waals surface area contributed by atoms with Crippen molar-refractivity contribution in [3.63, 3.8) is 0 Å². The maximum absolute atomic E-state index is 12.0. The molecule has 4 nitrogen and oxygen atoms in total. The summed E-state index contributed by atoms with van der Waals surface area (Å²) >= 11 is 1.43. The van der Waals surface area contributed by atoms with Crippen LogP contribution in [0.1, 0.15) is 24.2 Å². The van der Waals surface area contributed by atoms with E-state index in [9.17, 15) is 9.90 Å². The van der Waals surface area contributed by atoms with Crippen LogP contribution in [0.4, 0.5) is 0 Å². The average molecular weight is 254 g/mol. The van der Waals surface area contributed by atoms with Crippen LogP contribution >= 0.6 is 11.8 Å². The number of carbonyl (C=O) groups is 1. The molecule has 0 saturated carbocycles. The number of carbonyl (C=O) groups excluding carboxylic acids is 1. The van der Waals surface area contributed by atoms with Crippen LogP contribution in [-0.2, 0) is 0 Å². The molecule has 1 aromatic rings. The van der Waals surface area contributed by atoms with E-state index < -0.39 is 0 Å². The summed E-state index contributed by atoms with van der Waals surface area (Å²) in [6, 6.07) is 3.25. The second-order valence-electron chi connectivity index (χ2n) is 4.07. The lowest BCUT2D eigenvalue weighted by Crippen LogP contribution is -2.41. The molecule has 0 saturated heterocycles. The first-order valence-corrected chi connectivity index (χ1v) is 6.73. The van der Waals surface area contributed by atoms with Gasteiger partial charge in [0.2, 0.25) is 0 Å². The van der Waals surface area contributed by atoms with Crippen LogP contribution in [-0.4, -0.2) is 34.9 Å². The molecule has 1 unspecified atom stereocenters. The number of amides is 1. The molecule has 0 aliphatic heterocycles. The Labute approximate surface area is 106 Å². The van der Waals surface area contributed by atoms with Crippen LogP contribution in [0.3, 0.4) is 0 Å². The van der Waals surface area contributed by atoms with E-state index in [1.165, 1.54) is 11.8 Å². The van der Waals surface area contributed by atoms with Crippen LogP contribution in [0.25, 0.3) is 0 Å². The van der Waals surface area contributed by atoms with Crippen molar-refractivity contribution in [2.45, 2.75) is 24.9 Å². The van der Waals surface area contributed by atoms with Crippen molar-refractivity contribution >= 4 is 17.7 Å². The molecule has 0 fully saturated rings. The van der Waals surface area contributed by atoms with Crippen LogP contribution < -0.4 is 5.32 Å². The third kappa shape index (κ3) is 3.71. The van der Waals surface area contributed by atoms with Crippen molar-refractivity contribution in [3.05, 3.63) is 23.9 Å². The number of thioether (sulfide) groups is 1. The summed E-state index contributed by atoms with van der Waals surface area (Å²) in [4.78, 5) is 16.2. The molecule has 0 bridgehead atoms. The first kappa shape index (κ1) is 14.0. The van der Waals surface area contributed by atoms with Crippen molar-refractivity contribution < 1.29 is 9.90 Å². The lowest BCUT2D eigenvalue weighted by molar-refractivity contribution is 0.0893. The molecule has 94 valence electrons. The van der Waals surface area contributed by atoms with Crippen molar-refractivity contribution in [2.24, 2.45) is 5.92 Å². The highest BCUT2D eigenvalue weighted by Gasteiger charge is 2.18. The van der Waals surface area contributed by atoms with E-state index >= 15 is 0 Å². The number of pyridine rings is 1. The number of nitrogens with zero attached hydrogens (tertiary/aromatic N) is 1. The maximum atomic E-state index is 12.0. The number of aromatic nitrogens is 1. The molecular formula is C12H18N2O2S. The average Bonchev–Trinajstić information content (AvgIpc) is 2.35. The van der Waals surface area contributed by atoms with Gasteiger partial charge in [-0.1, -0.05) is 13.8 Å². The minimum absolute atomic E-state index is 0.0573. The molecule has 0 aliphatic rings. The summed E-state index contributed by atoms with van der Waals surface area (Å²) in [6.07, 6.45) is 3.54. The number of hydrogen-bond acceptors (Lipinski definition) is 4. The highest BCUT2D eigenvalue weighted by molar-refractivity contribution is 7.98. The molecule has 17 heavy (non-hydrogen) atoms. The molecule has 5 heteroatoms. The highest BCUT2D eigenvalue weighted by Crippen LogP contribution is 2.17. The van der Waals surface area contributed by atoms with Gasteiger partial charge in [-0.2, -0.15) is 0 Å². The first-order valence-electron chi connectivity index (χ1n) is 5.50. The number of nitrogens with one attached hydrogen (secondary N) is 1. The Hall–Kier alpha value is -1.07. The summed E-state index contributed by atoms with van der Waals surface area (Å²) in [7, 11) is 0. The van der Waals surface area contributed by atoms with Crippen LogP contribution in [0.15, 0.2) is 23.4 Å². The van der Waals surface area contributed by atoms with E-state index in [2.05, 4.69) is 10.3 Å². The van der Waals surface area contributed by atoms with Crippen LogP contribution in [0, 0.1) is 5.92 Å². The Bertz CT molecular complexity index is 383. The zero-order chi connectivity index (χ0) is 12.8. The third-order valence-corrected chi connectivity index (χ3v) is 3.24. The van der Waals surface area contributed by atoms with Gasteiger partial charge in [-0.15, -0.1) is 11.8 Å². The zero-order valence-electron chi connectivity index (χ0n) is 10.3. The SMILES string of the molecule is CSc1ncccc1C(=O)NC(CO)C(C)C. The van der Waals surface area contributed by atoms with Crippen molar-refractivity contribution in [1.82, 2.24) is 10.3 Å². The zero-order valence-corrected chi connectivity index (χ0v) is 11.1. The molecular weight excluding hydrogens is 236 g/mol. The Morgan fingerprint density at radius 3 is 2.82 bits per heavy atom. The van der Waals surface area contributed by atoms with Gasteiger partial charge < -0.3 is 10.4 Å². The van der Waals surface area contributed by atoms with Gasteiger partial charge in [0.15, 0.2) is 0 Å². The normalized spacial score (nSPS) is 12.5. The second-order valence-corrected chi connectivity index (χ2v) is 4.86. The van der Waals surface area contributed by atoms with Gasteiger partial charge in [-0.05, 0) is 24.3 Å². The molecule has 1 amide bonds. The van der Waals surface area contributed by atoms with E-state index in [0.717, 1.165) is 0 Å². The van der Waals surface area contributed by atoms with E-state index in [0.29, 0.717) is 10.6 Å². The Morgan fingerprint density at radius 1 is 1.59 bits per heavy atom. The Balaban J connectivity index is 2.82. The fraction of sp³-hybridized carbons (Fsp3) is 0.500. The monoisotopic (exact) mass is 254 g/mol. The molecule has 1 rings (SSSR count). The molecule has 0 aliphatic carbocycles. The summed E-state index contributed by atoms with van der Waals surface area (Å²) in [5.41, 5.74) is 0.555. The van der Waals surface area contributed by atoms with Gasteiger partial charge in [0.05, 0.1) is 18.2 Å². The van der Waals surface area contributed by atoms with Gasteiger partial charge in [-0.3, -0.25) is 4.79 Å². The fourth-order valence-corrected chi connectivity index (χ4v) is 1.94. The van der Waals surface area contributed by atoms with Crippen molar-refractivity contribution in [1.29, 1.82) is 0 Å². The molecule has 1 atom stereocenters. The summed E-state index contributed by atoms with van der Waals surface area (Å²) in [5, 5.41) is 12.7. The van der Waals surface area contributed by atoms with Crippen molar-refractivity contribution in [2.75, 3.05) is 12.9 Å². The minimum atomic E-state index is -0.225. The summed E-state index contributed by atoms with van der Waals surface area (Å²) in [6.45, 7) is 3.86. The third-order valence-electron chi connectivity index (χ3n) is 2.53. The van der Waals surface area contributed by atoms with E-state index in [4.69, 9.17) is 0 Å². The van der Waals surface area contributed by atoms with Gasteiger partial charge in [-0.25, -0.2) is 4.98 Å². The number of rotatable bonds is 5. The Morgan fingerprint density at radius 2 is 2.29 bits per heavy atom. The van der Waals surface area contributed by atoms with Crippen LogP contribution in [0.5, 0.6) is 0 Å². The summed E-state index contributed by atoms with van der Waals surface area (Å²) in [5.74, 6) is 0.00792. The first-order chi connectivity index (χ1) is 8.10. The van der Waals surface area contributed by atoms with E-state index in [1.54, 1.807) is 18.3 Å². The van der Waals surface area contributed by atoms with Crippen molar-refractivity contribution in [3.8, 4) is 0 Å². The Kier molecular flexibility index (Phi) is 5.44. The van der Waals surface area contributed by atoms with Gasteiger partial charge in [0.25, 0.3) is 5.91 Å². The molecule has 0 spiro atoms. The topological polar surface area (TPSA) is 62.2 Å². The summed E-state index contributed by atoms with van der Waals surface area (Å²) < 4.78 is 0. The standard InChI is InChI=1S/C12H18N2O2S/c1-8(2)10(7-15)14-11(16)9-5-4-6-13-12(9)17-3/h4-6,8,10,15H,7H2,1-3H3,(H,14,16). The smallest absolute Gasteiger partial charge is 0.254 e. The predicted octanol–water partition coefficient (Wildman–Crippen LogP) is 1.55. The van der Waals surface area contributed by atoms with Gasteiger partial charge in [0.1, 0.15) is 5.03 Å². The van der Waals surface area contributed by atoms with Crippen LogP contribution in [0.2, 0.25) is 0 Å². The number of hydrogen-bond donors (Lipinski definition) is 2. The quantitative estimate of drug-likeness (QED) is 0.783. The fourth-order valence-electron chi connectivity index (χ4n) is 1.40. The molecule has 1 heterocycles. The van der Waals surface area contributed by atoms with E-state index in [-0.39, 0.29) is 24.5 Å². The molecule has 2 N–H and O–H groups in total. The lowest BCUT2D eigenvalue weighted by atomic mass is 10.1. The number of aliphatic hydroxyl groups excluding tert-OH is 1.